The molecule has 0 aliphatic heterocycles. The van der Waals surface area contributed by atoms with Crippen molar-refractivity contribution in [2.75, 3.05) is 20.1 Å². The molecule has 0 bridgehead atoms. The molecular formula is C13H30N2. The zero-order valence-corrected chi connectivity index (χ0v) is 11.7. The van der Waals surface area contributed by atoms with Gasteiger partial charge in [0.15, 0.2) is 0 Å². The number of likely N-dealkylation sites (N-methyl/N-ethyl adjacent to an activating group) is 2. The maximum absolute atomic E-state index is 3.47. The van der Waals surface area contributed by atoms with E-state index in [1.54, 1.807) is 0 Å². The Morgan fingerprint density at radius 3 is 2.07 bits per heavy atom. The van der Waals surface area contributed by atoms with Crippen LogP contribution in [0.3, 0.4) is 0 Å². The molecule has 0 radical (unpaired) electrons. The minimum absolute atomic E-state index is 0.296. The van der Waals surface area contributed by atoms with Crippen LogP contribution in [0.15, 0.2) is 0 Å². The zero-order valence-electron chi connectivity index (χ0n) is 11.7. The molecule has 2 heteroatoms. The van der Waals surface area contributed by atoms with Gasteiger partial charge in [0.2, 0.25) is 0 Å². The molecule has 0 heterocycles. The molecule has 0 amide bonds. The van der Waals surface area contributed by atoms with Crippen LogP contribution in [-0.2, 0) is 0 Å². The van der Waals surface area contributed by atoms with Gasteiger partial charge in [-0.1, -0.05) is 27.7 Å². The summed E-state index contributed by atoms with van der Waals surface area (Å²) in [6, 6.07) is 0.625. The molecule has 0 rings (SSSR count). The monoisotopic (exact) mass is 214 g/mol. The summed E-state index contributed by atoms with van der Waals surface area (Å²) in [6.07, 6.45) is 1.19. The Hall–Kier alpha value is -0.0800. The van der Waals surface area contributed by atoms with Crippen molar-refractivity contribution in [3.8, 4) is 0 Å². The molecule has 1 N–H and O–H groups in total. The van der Waals surface area contributed by atoms with E-state index in [-0.39, 0.29) is 0 Å². The second-order valence-corrected chi connectivity index (χ2v) is 5.40. The van der Waals surface area contributed by atoms with Gasteiger partial charge in [0, 0.05) is 18.1 Å². The first-order chi connectivity index (χ1) is 6.86. The molecule has 0 fully saturated rings. The highest BCUT2D eigenvalue weighted by Crippen LogP contribution is 2.22. The topological polar surface area (TPSA) is 15.3 Å². The highest BCUT2D eigenvalue weighted by atomic mass is 15.2. The van der Waals surface area contributed by atoms with E-state index in [0.717, 1.165) is 13.1 Å². The Morgan fingerprint density at radius 2 is 1.73 bits per heavy atom. The predicted octanol–water partition coefficient (Wildman–Crippen LogP) is 2.74. The van der Waals surface area contributed by atoms with Gasteiger partial charge >= 0.3 is 0 Å². The van der Waals surface area contributed by atoms with Gasteiger partial charge in [-0.3, -0.25) is 4.90 Å². The summed E-state index contributed by atoms with van der Waals surface area (Å²) in [7, 11) is 2.26. The van der Waals surface area contributed by atoms with E-state index in [0.29, 0.717) is 17.5 Å². The first-order valence-corrected chi connectivity index (χ1v) is 6.30. The summed E-state index contributed by atoms with van der Waals surface area (Å²) in [4.78, 5) is 2.53. The summed E-state index contributed by atoms with van der Waals surface area (Å²) >= 11 is 0. The van der Waals surface area contributed by atoms with E-state index in [1.165, 1.54) is 6.42 Å². The van der Waals surface area contributed by atoms with Gasteiger partial charge < -0.3 is 5.32 Å². The molecule has 1 atom stereocenters. The molecule has 0 aromatic carbocycles. The van der Waals surface area contributed by atoms with E-state index >= 15 is 0 Å². The van der Waals surface area contributed by atoms with Crippen molar-refractivity contribution in [1.82, 2.24) is 10.2 Å². The molecule has 0 saturated heterocycles. The van der Waals surface area contributed by atoms with Crippen molar-refractivity contribution in [2.24, 2.45) is 5.92 Å². The SMILES string of the molecule is CCNCC(C(C)C)N(C)C(C)(C)CC. The van der Waals surface area contributed by atoms with Crippen molar-refractivity contribution in [1.29, 1.82) is 0 Å². The average molecular weight is 214 g/mol. The van der Waals surface area contributed by atoms with Gasteiger partial charge in [-0.2, -0.15) is 0 Å². The van der Waals surface area contributed by atoms with E-state index in [9.17, 15) is 0 Å². The number of hydrogen-bond donors (Lipinski definition) is 1. The van der Waals surface area contributed by atoms with Gasteiger partial charge in [-0.15, -0.1) is 0 Å². The molecule has 0 aromatic rings. The van der Waals surface area contributed by atoms with Crippen molar-refractivity contribution in [3.05, 3.63) is 0 Å². The fourth-order valence-corrected chi connectivity index (χ4v) is 1.81. The average Bonchev–Trinajstić information content (AvgIpc) is 2.17. The minimum Gasteiger partial charge on any atom is -0.315 e. The lowest BCUT2D eigenvalue weighted by atomic mass is 9.93. The van der Waals surface area contributed by atoms with Crippen LogP contribution in [0.2, 0.25) is 0 Å². The van der Waals surface area contributed by atoms with Crippen molar-refractivity contribution in [3.63, 3.8) is 0 Å². The van der Waals surface area contributed by atoms with Gasteiger partial charge in [-0.25, -0.2) is 0 Å². The Labute approximate surface area is 96.4 Å². The fraction of sp³-hybridized carbons (Fsp3) is 1.00. The van der Waals surface area contributed by atoms with E-state index in [4.69, 9.17) is 0 Å². The number of hydrogen-bond acceptors (Lipinski definition) is 2. The summed E-state index contributed by atoms with van der Waals surface area (Å²) in [5, 5.41) is 3.47. The highest BCUT2D eigenvalue weighted by Gasteiger charge is 2.29. The predicted molar refractivity (Wildman–Crippen MR) is 69.3 cm³/mol. The molecule has 0 aliphatic rings. The normalized spacial score (nSPS) is 15.0. The molecule has 92 valence electrons. The van der Waals surface area contributed by atoms with Crippen LogP contribution in [0.5, 0.6) is 0 Å². The van der Waals surface area contributed by atoms with E-state index in [1.807, 2.05) is 0 Å². The van der Waals surface area contributed by atoms with Crippen LogP contribution >= 0.6 is 0 Å². The van der Waals surface area contributed by atoms with Gasteiger partial charge in [0.25, 0.3) is 0 Å². The molecule has 0 aromatic heterocycles. The Morgan fingerprint density at radius 1 is 1.20 bits per heavy atom. The molecule has 1 unspecified atom stereocenters. The van der Waals surface area contributed by atoms with Crippen LogP contribution in [-0.4, -0.2) is 36.6 Å². The van der Waals surface area contributed by atoms with Crippen molar-refractivity contribution >= 4 is 0 Å². The maximum Gasteiger partial charge on any atom is 0.0245 e. The fourth-order valence-electron chi connectivity index (χ4n) is 1.81. The number of rotatable bonds is 7. The van der Waals surface area contributed by atoms with Gasteiger partial charge in [0.05, 0.1) is 0 Å². The zero-order chi connectivity index (χ0) is 12.1. The number of nitrogens with zero attached hydrogens (tertiary/aromatic N) is 1. The maximum atomic E-state index is 3.47. The third kappa shape index (κ3) is 4.52. The molecule has 0 saturated carbocycles. The van der Waals surface area contributed by atoms with Crippen LogP contribution < -0.4 is 5.32 Å². The molecular weight excluding hydrogens is 184 g/mol. The minimum atomic E-state index is 0.296. The first-order valence-electron chi connectivity index (χ1n) is 6.30. The van der Waals surface area contributed by atoms with Crippen molar-refractivity contribution in [2.45, 2.75) is 59.5 Å². The lowest BCUT2D eigenvalue weighted by molar-refractivity contribution is 0.0712. The Balaban J connectivity index is 4.47. The lowest BCUT2D eigenvalue weighted by Gasteiger charge is -2.42. The summed E-state index contributed by atoms with van der Waals surface area (Å²) < 4.78 is 0. The second-order valence-electron chi connectivity index (χ2n) is 5.40. The van der Waals surface area contributed by atoms with Crippen LogP contribution in [0.25, 0.3) is 0 Å². The molecule has 15 heavy (non-hydrogen) atoms. The summed E-state index contributed by atoms with van der Waals surface area (Å²) in [5.74, 6) is 0.694. The van der Waals surface area contributed by atoms with Crippen LogP contribution in [0.4, 0.5) is 0 Å². The lowest BCUT2D eigenvalue weighted by Crippen LogP contribution is -2.52. The second kappa shape index (κ2) is 6.49. The largest absolute Gasteiger partial charge is 0.315 e. The highest BCUT2D eigenvalue weighted by molar-refractivity contribution is 4.85. The molecule has 0 spiro atoms. The molecule has 2 nitrogen and oxygen atoms in total. The van der Waals surface area contributed by atoms with Gasteiger partial charge in [-0.05, 0) is 39.8 Å². The van der Waals surface area contributed by atoms with Gasteiger partial charge in [0.1, 0.15) is 0 Å². The summed E-state index contributed by atoms with van der Waals surface area (Å²) in [5.41, 5.74) is 0.296. The third-order valence-electron chi connectivity index (χ3n) is 3.69. The van der Waals surface area contributed by atoms with Crippen LogP contribution in [0, 0.1) is 5.92 Å². The first kappa shape index (κ1) is 14.9. The van der Waals surface area contributed by atoms with Crippen molar-refractivity contribution < 1.29 is 0 Å². The summed E-state index contributed by atoms with van der Waals surface area (Å²) in [6.45, 7) is 15.9. The number of nitrogens with one attached hydrogen (secondary N) is 1. The smallest absolute Gasteiger partial charge is 0.0245 e. The Bertz CT molecular complexity index is 164. The van der Waals surface area contributed by atoms with E-state index in [2.05, 4.69) is 58.8 Å². The quantitative estimate of drug-likeness (QED) is 0.701. The standard InChI is InChI=1S/C13H30N2/c1-8-13(5,6)15(7)12(11(3)4)10-14-9-2/h11-12,14H,8-10H2,1-7H3. The third-order valence-corrected chi connectivity index (χ3v) is 3.69. The van der Waals surface area contributed by atoms with E-state index < -0.39 is 0 Å². The van der Waals surface area contributed by atoms with Crippen LogP contribution in [0.1, 0.15) is 48.0 Å². The Kier molecular flexibility index (Phi) is 6.46. The molecule has 0 aliphatic carbocycles.